The van der Waals surface area contributed by atoms with Crippen molar-refractivity contribution in [2.75, 3.05) is 33.3 Å². The van der Waals surface area contributed by atoms with Gasteiger partial charge in [0.1, 0.15) is 6.54 Å². The molecule has 0 aromatic heterocycles. The molecular formula is C16H28N2O3. The molecule has 1 saturated carbocycles. The molecule has 1 heterocycles. The molecule has 0 bridgehead atoms. The first-order valence-corrected chi connectivity index (χ1v) is 8.19. The zero-order chi connectivity index (χ0) is 15.1. The van der Waals surface area contributed by atoms with Gasteiger partial charge in [0, 0.05) is 13.0 Å². The molecule has 5 nitrogen and oxygen atoms in total. The highest BCUT2D eigenvalue weighted by atomic mass is 16.5. The Morgan fingerprint density at radius 3 is 2.38 bits per heavy atom. The summed E-state index contributed by atoms with van der Waals surface area (Å²) in [6.45, 7) is 3.00. The van der Waals surface area contributed by atoms with Gasteiger partial charge in [-0.25, -0.2) is 0 Å². The Hall–Kier alpha value is -1.10. The number of nitrogens with zero attached hydrogens (tertiary/aromatic N) is 1. The molecule has 1 aliphatic carbocycles. The van der Waals surface area contributed by atoms with Gasteiger partial charge in [-0.1, -0.05) is 19.3 Å². The number of nitrogens with one attached hydrogen (secondary N) is 1. The minimum absolute atomic E-state index is 0.0293. The number of esters is 1. The summed E-state index contributed by atoms with van der Waals surface area (Å²) < 4.78 is 4.49. The lowest BCUT2D eigenvalue weighted by Gasteiger charge is -2.44. The number of ether oxygens (including phenoxy) is 1. The number of rotatable bonds is 5. The number of piperidine rings is 1. The molecule has 0 aromatic carbocycles. The van der Waals surface area contributed by atoms with E-state index in [0.717, 1.165) is 19.6 Å². The highest BCUT2D eigenvalue weighted by Crippen LogP contribution is 2.44. The normalized spacial score (nSPS) is 22.0. The van der Waals surface area contributed by atoms with Crippen LogP contribution >= 0.6 is 0 Å². The van der Waals surface area contributed by atoms with Crippen molar-refractivity contribution in [3.63, 3.8) is 0 Å². The topological polar surface area (TPSA) is 58.6 Å². The minimum Gasteiger partial charge on any atom is -0.468 e. The van der Waals surface area contributed by atoms with Crippen LogP contribution in [-0.4, -0.2) is 50.1 Å². The molecule has 1 saturated heterocycles. The Bertz CT molecular complexity index is 355. The second kappa shape index (κ2) is 7.78. The first-order valence-electron chi connectivity index (χ1n) is 8.19. The maximum Gasteiger partial charge on any atom is 0.325 e. The van der Waals surface area contributed by atoms with E-state index in [4.69, 9.17) is 0 Å². The molecule has 2 aliphatic rings. The number of carbonyl (C=O) groups excluding carboxylic acids is 2. The standard InChI is InChI=1S/C16H28N2O3/c1-21-15(20)13-17-14(19)5-10-18-11-8-16(9-12-18)6-3-2-4-7-16/h2-13H2,1H3,(H,17,19). The summed E-state index contributed by atoms with van der Waals surface area (Å²) in [5.41, 5.74) is 0.613. The van der Waals surface area contributed by atoms with Gasteiger partial charge in [-0.05, 0) is 44.2 Å². The molecule has 120 valence electrons. The molecule has 21 heavy (non-hydrogen) atoms. The van der Waals surface area contributed by atoms with Crippen LogP contribution < -0.4 is 5.32 Å². The van der Waals surface area contributed by atoms with Crippen molar-refractivity contribution in [1.82, 2.24) is 10.2 Å². The lowest BCUT2D eigenvalue weighted by Crippen LogP contribution is -2.42. The van der Waals surface area contributed by atoms with Crippen LogP contribution in [-0.2, 0) is 14.3 Å². The van der Waals surface area contributed by atoms with Crippen molar-refractivity contribution in [3.8, 4) is 0 Å². The number of hydrogen-bond donors (Lipinski definition) is 1. The number of carbonyl (C=O) groups is 2. The van der Waals surface area contributed by atoms with Crippen molar-refractivity contribution in [3.05, 3.63) is 0 Å². The van der Waals surface area contributed by atoms with E-state index >= 15 is 0 Å². The summed E-state index contributed by atoms with van der Waals surface area (Å²) in [7, 11) is 1.32. The summed E-state index contributed by atoms with van der Waals surface area (Å²) >= 11 is 0. The molecule has 1 aliphatic heterocycles. The van der Waals surface area contributed by atoms with Crippen molar-refractivity contribution in [2.24, 2.45) is 5.41 Å². The van der Waals surface area contributed by atoms with Gasteiger partial charge in [0.05, 0.1) is 7.11 Å². The molecular weight excluding hydrogens is 268 g/mol. The molecule has 2 fully saturated rings. The van der Waals surface area contributed by atoms with Crippen molar-refractivity contribution < 1.29 is 14.3 Å². The summed E-state index contributed by atoms with van der Waals surface area (Å²) in [5, 5.41) is 2.59. The maximum atomic E-state index is 11.7. The predicted molar refractivity (Wildman–Crippen MR) is 80.8 cm³/mol. The van der Waals surface area contributed by atoms with E-state index in [9.17, 15) is 9.59 Å². The highest BCUT2D eigenvalue weighted by Gasteiger charge is 2.35. The van der Waals surface area contributed by atoms with Crippen LogP contribution in [0, 0.1) is 5.41 Å². The van der Waals surface area contributed by atoms with Gasteiger partial charge in [0.25, 0.3) is 0 Å². The SMILES string of the molecule is COC(=O)CNC(=O)CCN1CCC2(CCCCC2)CC1. The van der Waals surface area contributed by atoms with E-state index in [1.807, 2.05) is 0 Å². The monoisotopic (exact) mass is 296 g/mol. The fourth-order valence-corrected chi connectivity index (χ4v) is 3.64. The Morgan fingerprint density at radius 1 is 1.10 bits per heavy atom. The van der Waals surface area contributed by atoms with Crippen molar-refractivity contribution >= 4 is 11.9 Å². The third-order valence-corrected chi connectivity index (χ3v) is 5.14. The molecule has 5 heteroatoms. The van der Waals surface area contributed by atoms with Crippen LogP contribution in [0.4, 0.5) is 0 Å². The van der Waals surface area contributed by atoms with Crippen molar-refractivity contribution in [1.29, 1.82) is 0 Å². The van der Waals surface area contributed by atoms with Crippen LogP contribution in [0.1, 0.15) is 51.4 Å². The molecule has 0 radical (unpaired) electrons. The second-order valence-corrected chi connectivity index (χ2v) is 6.51. The number of methoxy groups -OCH3 is 1. The average molecular weight is 296 g/mol. The lowest BCUT2D eigenvalue weighted by atomic mass is 9.68. The third kappa shape index (κ3) is 4.99. The van der Waals surface area contributed by atoms with Gasteiger partial charge in [-0.3, -0.25) is 9.59 Å². The molecule has 2 rings (SSSR count). The van der Waals surface area contributed by atoms with Gasteiger partial charge in [-0.2, -0.15) is 0 Å². The summed E-state index contributed by atoms with van der Waals surface area (Å²) in [6.07, 6.45) is 10.1. The Kier molecular flexibility index (Phi) is 6.03. The van der Waals surface area contributed by atoms with Crippen LogP contribution in [0.2, 0.25) is 0 Å². The van der Waals surface area contributed by atoms with Crippen molar-refractivity contribution in [2.45, 2.75) is 51.4 Å². The zero-order valence-corrected chi connectivity index (χ0v) is 13.2. The Morgan fingerprint density at radius 2 is 1.76 bits per heavy atom. The van der Waals surface area contributed by atoms with Gasteiger partial charge in [0.2, 0.25) is 5.91 Å². The molecule has 1 spiro atoms. The number of hydrogen-bond acceptors (Lipinski definition) is 4. The van der Waals surface area contributed by atoms with E-state index in [1.165, 1.54) is 52.1 Å². The average Bonchev–Trinajstić information content (AvgIpc) is 2.53. The Labute approximate surface area is 127 Å². The van der Waals surface area contributed by atoms with Crippen LogP contribution in [0.5, 0.6) is 0 Å². The first kappa shape index (κ1) is 16.3. The van der Waals surface area contributed by atoms with Gasteiger partial charge >= 0.3 is 5.97 Å². The van der Waals surface area contributed by atoms with Gasteiger partial charge in [0.15, 0.2) is 0 Å². The van der Waals surface area contributed by atoms with Gasteiger partial charge in [-0.15, -0.1) is 0 Å². The summed E-state index contributed by atoms with van der Waals surface area (Å²) in [4.78, 5) is 25.0. The third-order valence-electron chi connectivity index (χ3n) is 5.14. The molecule has 0 unspecified atom stereocenters. The first-order chi connectivity index (χ1) is 10.1. The quantitative estimate of drug-likeness (QED) is 0.785. The maximum absolute atomic E-state index is 11.7. The van der Waals surface area contributed by atoms with E-state index in [1.54, 1.807) is 0 Å². The molecule has 0 aromatic rings. The number of amides is 1. The van der Waals surface area contributed by atoms with Gasteiger partial charge < -0.3 is 15.0 Å². The van der Waals surface area contributed by atoms with E-state index in [2.05, 4.69) is 15.0 Å². The predicted octanol–water partition coefficient (Wildman–Crippen LogP) is 1.71. The largest absolute Gasteiger partial charge is 0.468 e. The van der Waals surface area contributed by atoms with E-state index < -0.39 is 5.97 Å². The summed E-state index contributed by atoms with van der Waals surface area (Å²) in [5.74, 6) is -0.473. The Balaban J connectivity index is 1.62. The van der Waals surface area contributed by atoms with Crippen LogP contribution in [0.15, 0.2) is 0 Å². The highest BCUT2D eigenvalue weighted by molar-refractivity contribution is 5.81. The number of likely N-dealkylation sites (tertiary alicyclic amines) is 1. The second-order valence-electron chi connectivity index (χ2n) is 6.51. The lowest BCUT2D eigenvalue weighted by molar-refractivity contribution is -0.141. The molecule has 1 amide bonds. The zero-order valence-electron chi connectivity index (χ0n) is 13.2. The van der Waals surface area contributed by atoms with E-state index in [-0.39, 0.29) is 12.5 Å². The molecule has 0 atom stereocenters. The fourth-order valence-electron chi connectivity index (χ4n) is 3.64. The minimum atomic E-state index is -0.402. The molecule has 1 N–H and O–H groups in total. The smallest absolute Gasteiger partial charge is 0.325 e. The fraction of sp³-hybridized carbons (Fsp3) is 0.875. The van der Waals surface area contributed by atoms with Crippen LogP contribution in [0.3, 0.4) is 0 Å². The van der Waals surface area contributed by atoms with Crippen LogP contribution in [0.25, 0.3) is 0 Å². The summed E-state index contributed by atoms with van der Waals surface area (Å²) in [6, 6.07) is 0. The van der Waals surface area contributed by atoms with E-state index in [0.29, 0.717) is 11.8 Å².